The minimum absolute atomic E-state index is 0.127. The maximum Gasteiger partial charge on any atom is 0.283 e. The number of hydrogen-bond acceptors (Lipinski definition) is 4. The highest BCUT2D eigenvalue weighted by molar-refractivity contribution is 7.90. The molecule has 1 aromatic rings. The van der Waals surface area contributed by atoms with Crippen LogP contribution in [0.15, 0.2) is 23.5 Å². The number of carbonyl (C=O) groups is 1. The van der Waals surface area contributed by atoms with E-state index in [1.807, 2.05) is 16.9 Å². The third-order valence-electron chi connectivity index (χ3n) is 2.85. The first-order valence-corrected chi connectivity index (χ1v) is 7.19. The van der Waals surface area contributed by atoms with Crippen LogP contribution in [0, 0.1) is 12.8 Å². The summed E-state index contributed by atoms with van der Waals surface area (Å²) in [5.41, 5.74) is 0.413. The Labute approximate surface area is 106 Å². The van der Waals surface area contributed by atoms with Crippen molar-refractivity contribution in [3.05, 3.63) is 24.2 Å². The number of nitrogens with zero attached hydrogens (tertiary/aromatic N) is 1. The molecule has 0 saturated heterocycles. The van der Waals surface area contributed by atoms with Crippen LogP contribution in [-0.2, 0) is 14.8 Å². The Morgan fingerprint density at radius 1 is 1.61 bits per heavy atom. The summed E-state index contributed by atoms with van der Waals surface area (Å²) in [7, 11) is -3.85. The first-order chi connectivity index (χ1) is 8.49. The average Bonchev–Trinajstić information content (AvgIpc) is 2.88. The van der Waals surface area contributed by atoms with Crippen molar-refractivity contribution < 1.29 is 13.2 Å². The molecule has 98 valence electrons. The second-order valence-electron chi connectivity index (χ2n) is 4.33. The van der Waals surface area contributed by atoms with Gasteiger partial charge >= 0.3 is 0 Å². The zero-order valence-electron chi connectivity index (χ0n) is 10.0. The van der Waals surface area contributed by atoms with E-state index < -0.39 is 15.9 Å². The Bertz CT molecular complexity index is 574. The Balaban J connectivity index is 2.02. The number of allylic oxidation sites excluding steroid dienone is 2. The molecule has 2 rings (SSSR count). The predicted molar refractivity (Wildman–Crippen MR) is 65.1 cm³/mol. The van der Waals surface area contributed by atoms with Crippen LogP contribution in [0.3, 0.4) is 0 Å². The topological polar surface area (TPSA) is 91.9 Å². The molecule has 1 unspecified atom stereocenters. The maximum absolute atomic E-state index is 11.9. The largest absolute Gasteiger partial charge is 0.348 e. The van der Waals surface area contributed by atoms with Crippen LogP contribution in [-0.4, -0.2) is 24.3 Å². The van der Waals surface area contributed by atoms with Crippen LogP contribution in [0.25, 0.3) is 0 Å². The van der Waals surface area contributed by atoms with Crippen LogP contribution >= 0.6 is 0 Å². The number of hydrogen-bond donors (Lipinski definition) is 2. The fraction of sp³-hybridized carbons (Fsp3) is 0.455. The molecule has 0 saturated carbocycles. The van der Waals surface area contributed by atoms with Gasteiger partial charge in [-0.3, -0.25) is 4.79 Å². The Morgan fingerprint density at radius 3 is 2.94 bits per heavy atom. The second kappa shape index (κ2) is 4.93. The van der Waals surface area contributed by atoms with E-state index in [0.29, 0.717) is 5.69 Å². The van der Waals surface area contributed by atoms with Crippen molar-refractivity contribution in [1.29, 1.82) is 0 Å². The molecule has 18 heavy (non-hydrogen) atoms. The van der Waals surface area contributed by atoms with E-state index in [1.165, 1.54) is 6.33 Å². The molecule has 0 spiro atoms. The fourth-order valence-electron chi connectivity index (χ4n) is 1.96. The molecule has 1 amide bonds. The quantitative estimate of drug-likeness (QED) is 0.794. The van der Waals surface area contributed by atoms with Gasteiger partial charge in [0.05, 0.1) is 12.0 Å². The lowest BCUT2D eigenvalue weighted by Crippen LogP contribution is -2.32. The number of imidazole rings is 1. The van der Waals surface area contributed by atoms with E-state index in [0.717, 1.165) is 12.8 Å². The molecule has 0 fully saturated rings. The molecule has 6 nitrogen and oxygen atoms in total. The molecule has 1 atom stereocenters. The number of carbonyl (C=O) groups excluding carboxylic acids is 1. The van der Waals surface area contributed by atoms with E-state index in [-0.39, 0.29) is 17.4 Å². The number of rotatable bonds is 4. The Hall–Kier alpha value is -1.63. The van der Waals surface area contributed by atoms with Gasteiger partial charge in [0.25, 0.3) is 10.0 Å². The third kappa shape index (κ3) is 2.79. The summed E-state index contributed by atoms with van der Waals surface area (Å²) in [4.78, 5) is 18.0. The van der Waals surface area contributed by atoms with Gasteiger partial charge < -0.3 is 4.98 Å². The summed E-state index contributed by atoms with van der Waals surface area (Å²) in [5.74, 6) is -0.352. The summed E-state index contributed by atoms with van der Waals surface area (Å²) in [6.07, 6.45) is 7.28. The number of nitrogens with one attached hydrogen (secondary N) is 2. The zero-order valence-corrected chi connectivity index (χ0v) is 10.8. The van der Waals surface area contributed by atoms with E-state index in [4.69, 9.17) is 0 Å². The van der Waals surface area contributed by atoms with Gasteiger partial charge in [-0.25, -0.2) is 9.71 Å². The lowest BCUT2D eigenvalue weighted by atomic mass is 10.1. The molecule has 1 aromatic heterocycles. The highest BCUT2D eigenvalue weighted by Crippen LogP contribution is 2.20. The molecule has 1 aliphatic carbocycles. The van der Waals surface area contributed by atoms with Crippen molar-refractivity contribution in [3.8, 4) is 0 Å². The SMILES string of the molecule is Cc1[nH]cnc1S(=O)(=O)NC(=O)CC1C=CCC1. The number of aromatic amines is 1. The monoisotopic (exact) mass is 269 g/mol. The van der Waals surface area contributed by atoms with E-state index in [9.17, 15) is 13.2 Å². The molecule has 0 aliphatic heterocycles. The summed E-state index contributed by atoms with van der Waals surface area (Å²) in [6.45, 7) is 1.59. The van der Waals surface area contributed by atoms with Gasteiger partial charge in [-0.15, -0.1) is 0 Å². The number of amides is 1. The van der Waals surface area contributed by atoms with Gasteiger partial charge in [-0.2, -0.15) is 8.42 Å². The fourth-order valence-corrected chi connectivity index (χ4v) is 3.09. The number of H-pyrrole nitrogens is 1. The van der Waals surface area contributed by atoms with Crippen LogP contribution in [0.1, 0.15) is 25.0 Å². The first kappa shape index (κ1) is 12.8. The minimum atomic E-state index is -3.85. The average molecular weight is 269 g/mol. The number of aryl methyl sites for hydroxylation is 1. The lowest BCUT2D eigenvalue weighted by molar-refractivity contribution is -0.119. The third-order valence-corrected chi connectivity index (χ3v) is 4.26. The van der Waals surface area contributed by atoms with Crippen LogP contribution in [0.4, 0.5) is 0 Å². The molecule has 0 radical (unpaired) electrons. The lowest BCUT2D eigenvalue weighted by Gasteiger charge is -2.08. The highest BCUT2D eigenvalue weighted by Gasteiger charge is 2.23. The molecular weight excluding hydrogens is 254 g/mol. The molecule has 7 heteroatoms. The standard InChI is InChI=1S/C11H15N3O3S/c1-8-11(13-7-12-8)18(16,17)14-10(15)6-9-4-2-3-5-9/h2,4,7,9H,3,5-6H2,1H3,(H,12,13)(H,14,15). The molecule has 1 aliphatic rings. The summed E-state index contributed by atoms with van der Waals surface area (Å²) in [6, 6.07) is 0. The molecule has 2 N–H and O–H groups in total. The van der Waals surface area contributed by atoms with Crippen LogP contribution < -0.4 is 4.72 Å². The highest BCUT2D eigenvalue weighted by atomic mass is 32.2. The van der Waals surface area contributed by atoms with Gasteiger partial charge in [-0.05, 0) is 25.7 Å². The van der Waals surface area contributed by atoms with E-state index in [1.54, 1.807) is 6.92 Å². The van der Waals surface area contributed by atoms with Crippen molar-refractivity contribution in [2.24, 2.45) is 5.92 Å². The first-order valence-electron chi connectivity index (χ1n) is 5.71. The summed E-state index contributed by atoms with van der Waals surface area (Å²) >= 11 is 0. The molecule has 0 bridgehead atoms. The van der Waals surface area contributed by atoms with E-state index >= 15 is 0 Å². The minimum Gasteiger partial charge on any atom is -0.348 e. The van der Waals surface area contributed by atoms with Gasteiger partial charge in [0.1, 0.15) is 0 Å². The van der Waals surface area contributed by atoms with Gasteiger partial charge in [0, 0.05) is 6.42 Å². The van der Waals surface area contributed by atoms with Crippen LogP contribution in [0.2, 0.25) is 0 Å². The maximum atomic E-state index is 11.9. The molecular formula is C11H15N3O3S. The van der Waals surface area contributed by atoms with Crippen molar-refractivity contribution in [2.75, 3.05) is 0 Å². The number of aromatic nitrogens is 2. The van der Waals surface area contributed by atoms with Crippen molar-refractivity contribution in [3.63, 3.8) is 0 Å². The Morgan fingerprint density at radius 2 is 2.39 bits per heavy atom. The molecule has 0 aromatic carbocycles. The van der Waals surface area contributed by atoms with E-state index in [2.05, 4.69) is 9.97 Å². The van der Waals surface area contributed by atoms with Crippen molar-refractivity contribution in [1.82, 2.24) is 14.7 Å². The van der Waals surface area contributed by atoms with Crippen LogP contribution in [0.5, 0.6) is 0 Å². The van der Waals surface area contributed by atoms with Gasteiger partial charge in [0.2, 0.25) is 5.91 Å². The smallest absolute Gasteiger partial charge is 0.283 e. The summed E-state index contributed by atoms with van der Waals surface area (Å²) in [5, 5.41) is -0.127. The van der Waals surface area contributed by atoms with Crippen molar-refractivity contribution in [2.45, 2.75) is 31.2 Å². The zero-order chi connectivity index (χ0) is 13.2. The molecule has 1 heterocycles. The normalized spacial score (nSPS) is 19.1. The van der Waals surface area contributed by atoms with Gasteiger partial charge in [0.15, 0.2) is 5.03 Å². The number of sulfonamides is 1. The van der Waals surface area contributed by atoms with Crippen molar-refractivity contribution >= 4 is 15.9 Å². The Kier molecular flexibility index (Phi) is 3.51. The second-order valence-corrected chi connectivity index (χ2v) is 5.93. The predicted octanol–water partition coefficient (Wildman–Crippen LogP) is 0.879. The van der Waals surface area contributed by atoms with Gasteiger partial charge in [-0.1, -0.05) is 12.2 Å². The summed E-state index contributed by atoms with van der Waals surface area (Å²) < 4.78 is 25.8.